The molecule has 0 saturated heterocycles. The molecule has 0 atom stereocenters. The van der Waals surface area contributed by atoms with Gasteiger partial charge in [-0.1, -0.05) is 6.42 Å². The van der Waals surface area contributed by atoms with Gasteiger partial charge >= 0.3 is 0 Å². The van der Waals surface area contributed by atoms with Crippen molar-refractivity contribution in [3.8, 4) is 5.75 Å². The van der Waals surface area contributed by atoms with E-state index in [1.165, 1.54) is 0 Å². The average molecular weight is 579 g/mol. The van der Waals surface area contributed by atoms with Crippen LogP contribution in [-0.4, -0.2) is 79.7 Å². The van der Waals surface area contributed by atoms with Gasteiger partial charge in [0.05, 0.1) is 17.6 Å². The van der Waals surface area contributed by atoms with E-state index in [9.17, 15) is 9.59 Å². The second kappa shape index (κ2) is 15.3. The Kier molecular flexibility index (Phi) is 11.9. The Hall–Kier alpha value is -2.96. The Labute approximate surface area is 226 Å². The third kappa shape index (κ3) is 9.78. The molecule has 0 aliphatic heterocycles. The van der Waals surface area contributed by atoms with Gasteiger partial charge in [0.25, 0.3) is 0 Å². The van der Waals surface area contributed by atoms with Crippen LogP contribution in [0, 0.1) is 5.92 Å². The molecule has 5 N–H and O–H groups in total. The maximum atomic E-state index is 12.3. The summed E-state index contributed by atoms with van der Waals surface area (Å²) in [5, 5.41) is 9.21. The molecule has 0 bridgehead atoms. The highest BCUT2D eigenvalue weighted by molar-refractivity contribution is 9.10. The van der Waals surface area contributed by atoms with Crippen molar-refractivity contribution in [3.05, 3.63) is 34.9 Å². The van der Waals surface area contributed by atoms with Crippen LogP contribution in [0.15, 0.2) is 34.9 Å². The minimum atomic E-state index is -0.202. The van der Waals surface area contributed by atoms with Crippen molar-refractivity contribution in [3.63, 3.8) is 0 Å². The molecule has 0 unspecified atom stereocenters. The molecular formula is C25H36BrN7O4. The first-order valence-electron chi connectivity index (χ1n) is 12.5. The molecule has 1 aromatic heterocycles. The normalized spacial score (nSPS) is 12.9. The summed E-state index contributed by atoms with van der Waals surface area (Å²) in [6.45, 7) is 2.84. The van der Waals surface area contributed by atoms with Gasteiger partial charge in [0, 0.05) is 44.5 Å². The highest BCUT2D eigenvalue weighted by Gasteiger charge is 2.27. The first kappa shape index (κ1) is 28.6. The number of benzene rings is 1. The van der Waals surface area contributed by atoms with Crippen molar-refractivity contribution in [1.82, 2.24) is 20.2 Å². The average Bonchev–Trinajstić information content (AvgIpc) is 2.86. The molecule has 11 nitrogen and oxygen atoms in total. The Morgan fingerprint density at radius 3 is 2.68 bits per heavy atom. The zero-order valence-electron chi connectivity index (χ0n) is 21.2. The van der Waals surface area contributed by atoms with Gasteiger partial charge in [0.2, 0.25) is 17.8 Å². The molecule has 1 aromatic carbocycles. The van der Waals surface area contributed by atoms with Gasteiger partial charge in [-0.05, 0) is 59.5 Å². The van der Waals surface area contributed by atoms with Crippen LogP contribution in [0.5, 0.6) is 5.75 Å². The lowest BCUT2D eigenvalue weighted by molar-refractivity contribution is -0.136. The van der Waals surface area contributed by atoms with Gasteiger partial charge in [-0.2, -0.15) is 4.98 Å². The number of carbonyl (C=O) groups is 2. The number of nitrogens with one attached hydrogen (secondary N) is 3. The van der Waals surface area contributed by atoms with E-state index in [0.29, 0.717) is 56.9 Å². The molecule has 0 spiro atoms. The summed E-state index contributed by atoms with van der Waals surface area (Å²) in [6.07, 6.45) is 5.72. The standard InChI is InChI=1S/C25H36BrN7O4/c1-33(24(35)18-4-2-5-18)13-3-11-29-23-21(26)16-30-25(32-23)31-19-6-8-20(9-7-19)37-15-12-28-22(34)17-36-14-10-27/h6-9,16,18H,2-5,10-15,17,27H2,1H3,(H,28,34)(H2,29,30,31,32). The lowest BCUT2D eigenvalue weighted by Gasteiger charge is -2.29. The molecule has 2 amide bonds. The second-order valence-corrected chi connectivity index (χ2v) is 9.60. The number of rotatable bonds is 16. The maximum Gasteiger partial charge on any atom is 0.246 e. The zero-order valence-corrected chi connectivity index (χ0v) is 22.8. The fraction of sp³-hybridized carbons (Fsp3) is 0.520. The monoisotopic (exact) mass is 577 g/mol. The fourth-order valence-electron chi connectivity index (χ4n) is 3.57. The van der Waals surface area contributed by atoms with Crippen LogP contribution in [0.4, 0.5) is 17.5 Å². The Morgan fingerprint density at radius 1 is 1.19 bits per heavy atom. The van der Waals surface area contributed by atoms with Crippen LogP contribution < -0.4 is 26.4 Å². The molecule has 3 rings (SSSR count). The largest absolute Gasteiger partial charge is 0.492 e. The van der Waals surface area contributed by atoms with Crippen molar-refractivity contribution < 1.29 is 19.1 Å². The number of halogens is 1. The van der Waals surface area contributed by atoms with Crippen LogP contribution in [0.25, 0.3) is 0 Å². The van der Waals surface area contributed by atoms with Crippen LogP contribution in [0.1, 0.15) is 25.7 Å². The summed E-state index contributed by atoms with van der Waals surface area (Å²) in [5.41, 5.74) is 6.12. The van der Waals surface area contributed by atoms with Gasteiger partial charge in [-0.15, -0.1) is 0 Å². The molecule has 1 saturated carbocycles. The van der Waals surface area contributed by atoms with Crippen LogP contribution in [-0.2, 0) is 14.3 Å². The summed E-state index contributed by atoms with van der Waals surface area (Å²) >= 11 is 3.49. The Balaban J connectivity index is 1.38. The van der Waals surface area contributed by atoms with Crippen molar-refractivity contribution in [2.75, 3.05) is 63.7 Å². The molecule has 2 aromatic rings. The third-order valence-corrected chi connectivity index (χ3v) is 6.42. The number of aromatic nitrogens is 2. The van der Waals surface area contributed by atoms with E-state index in [-0.39, 0.29) is 24.3 Å². The number of amides is 2. The molecule has 1 aliphatic carbocycles. The molecule has 12 heteroatoms. The number of hydrogen-bond donors (Lipinski definition) is 4. The lowest BCUT2D eigenvalue weighted by atomic mass is 9.84. The highest BCUT2D eigenvalue weighted by atomic mass is 79.9. The van der Waals surface area contributed by atoms with E-state index < -0.39 is 0 Å². The summed E-state index contributed by atoms with van der Waals surface area (Å²) in [7, 11) is 1.87. The lowest BCUT2D eigenvalue weighted by Crippen LogP contribution is -2.37. The topological polar surface area (TPSA) is 144 Å². The SMILES string of the molecule is CN(CCCNc1nc(Nc2ccc(OCCNC(=O)COCCN)cc2)ncc1Br)C(=O)C1CCC1. The molecule has 1 heterocycles. The van der Waals surface area contributed by atoms with Crippen LogP contribution in [0.3, 0.4) is 0 Å². The number of anilines is 3. The summed E-state index contributed by atoms with van der Waals surface area (Å²) in [6, 6.07) is 7.38. The fourth-order valence-corrected chi connectivity index (χ4v) is 3.90. The second-order valence-electron chi connectivity index (χ2n) is 8.75. The molecule has 1 aliphatic rings. The quantitative estimate of drug-likeness (QED) is 0.221. The highest BCUT2D eigenvalue weighted by Crippen LogP contribution is 2.28. The van der Waals surface area contributed by atoms with Crippen LogP contribution >= 0.6 is 15.9 Å². The third-order valence-electron chi connectivity index (χ3n) is 5.84. The number of hydrogen-bond acceptors (Lipinski definition) is 9. The van der Waals surface area contributed by atoms with Crippen LogP contribution in [0.2, 0.25) is 0 Å². The van der Waals surface area contributed by atoms with Crippen molar-refractivity contribution >= 4 is 45.2 Å². The van der Waals surface area contributed by atoms with Gasteiger partial charge in [-0.3, -0.25) is 9.59 Å². The minimum absolute atomic E-state index is 0.00827. The number of nitrogens with zero attached hydrogens (tertiary/aromatic N) is 3. The first-order valence-corrected chi connectivity index (χ1v) is 13.3. The first-order chi connectivity index (χ1) is 18.0. The Bertz CT molecular complexity index is 1010. The van der Waals surface area contributed by atoms with E-state index in [1.54, 1.807) is 6.20 Å². The number of nitrogens with two attached hydrogens (primary N) is 1. The van der Waals surface area contributed by atoms with E-state index in [4.69, 9.17) is 15.2 Å². The number of ether oxygens (including phenoxy) is 2. The van der Waals surface area contributed by atoms with Crippen molar-refractivity contribution in [1.29, 1.82) is 0 Å². The van der Waals surface area contributed by atoms with E-state index in [1.807, 2.05) is 36.2 Å². The van der Waals surface area contributed by atoms with Crippen molar-refractivity contribution in [2.45, 2.75) is 25.7 Å². The van der Waals surface area contributed by atoms with Gasteiger partial charge in [-0.25, -0.2) is 4.98 Å². The van der Waals surface area contributed by atoms with Crippen molar-refractivity contribution in [2.24, 2.45) is 11.7 Å². The number of carbonyl (C=O) groups excluding carboxylic acids is 2. The summed E-state index contributed by atoms with van der Waals surface area (Å²) in [4.78, 5) is 34.5. The summed E-state index contributed by atoms with van der Waals surface area (Å²) < 4.78 is 11.5. The van der Waals surface area contributed by atoms with Gasteiger partial charge in [0.1, 0.15) is 24.8 Å². The minimum Gasteiger partial charge on any atom is -0.492 e. The zero-order chi connectivity index (χ0) is 26.5. The molecule has 0 radical (unpaired) electrons. The van der Waals surface area contributed by atoms with Gasteiger partial charge in [0.15, 0.2) is 0 Å². The summed E-state index contributed by atoms with van der Waals surface area (Å²) in [5.74, 6) is 2.10. The van der Waals surface area contributed by atoms with E-state index >= 15 is 0 Å². The molecular weight excluding hydrogens is 542 g/mol. The van der Waals surface area contributed by atoms with Gasteiger partial charge < -0.3 is 36.1 Å². The van der Waals surface area contributed by atoms with E-state index in [2.05, 4.69) is 41.8 Å². The molecule has 37 heavy (non-hydrogen) atoms. The molecule has 1 fully saturated rings. The smallest absolute Gasteiger partial charge is 0.246 e. The maximum absolute atomic E-state index is 12.3. The molecule has 202 valence electrons. The van der Waals surface area contributed by atoms with E-state index in [0.717, 1.165) is 35.8 Å². The predicted octanol–water partition coefficient (Wildman–Crippen LogP) is 2.51. The predicted molar refractivity (Wildman–Crippen MR) is 146 cm³/mol. The Morgan fingerprint density at radius 2 is 1.97 bits per heavy atom.